The number of amides is 1. The average molecular weight is 212 g/mol. The number of nitrogens with zero attached hydrogens (tertiary/aromatic N) is 3. The first-order chi connectivity index (χ1) is 7.15. The van der Waals surface area contributed by atoms with Crippen molar-refractivity contribution in [3.05, 3.63) is 11.9 Å². The minimum Gasteiger partial charge on any atom is -0.442 e. The van der Waals surface area contributed by atoms with Crippen molar-refractivity contribution in [1.82, 2.24) is 20.3 Å². The van der Waals surface area contributed by atoms with Gasteiger partial charge in [0, 0.05) is 0 Å². The first-order valence-electron chi connectivity index (χ1n) is 4.67. The van der Waals surface area contributed by atoms with Crippen molar-refractivity contribution in [2.45, 2.75) is 25.7 Å². The highest BCUT2D eigenvalue weighted by atomic mass is 16.6. The Hall–Kier alpha value is -1.63. The molecular weight excluding hydrogens is 200 g/mol. The summed E-state index contributed by atoms with van der Waals surface area (Å²) in [5, 5.41) is 19.4. The summed E-state index contributed by atoms with van der Waals surface area (Å²) in [4.78, 5) is 10.7. The van der Waals surface area contributed by atoms with Crippen molar-refractivity contribution in [2.24, 2.45) is 0 Å². The molecule has 1 aromatic heterocycles. The van der Waals surface area contributed by atoms with E-state index in [-0.39, 0.29) is 6.10 Å². The second kappa shape index (κ2) is 3.85. The zero-order valence-electron chi connectivity index (χ0n) is 8.25. The molecule has 1 saturated heterocycles. The largest absolute Gasteiger partial charge is 0.442 e. The van der Waals surface area contributed by atoms with E-state index < -0.39 is 12.2 Å². The van der Waals surface area contributed by atoms with Crippen molar-refractivity contribution >= 4 is 6.09 Å². The normalized spacial score (nSPS) is 22.3. The Bertz CT molecular complexity index is 363. The first-order valence-corrected chi connectivity index (χ1v) is 4.67. The molecule has 2 unspecified atom stereocenters. The van der Waals surface area contributed by atoms with Crippen LogP contribution in [-0.4, -0.2) is 38.8 Å². The van der Waals surface area contributed by atoms with Gasteiger partial charge in [0.2, 0.25) is 0 Å². The van der Waals surface area contributed by atoms with Crippen molar-refractivity contribution in [1.29, 1.82) is 0 Å². The molecule has 2 atom stereocenters. The van der Waals surface area contributed by atoms with Crippen molar-refractivity contribution in [3.63, 3.8) is 0 Å². The lowest BCUT2D eigenvalue weighted by molar-refractivity contribution is 0.128. The van der Waals surface area contributed by atoms with Crippen LogP contribution in [0.5, 0.6) is 0 Å². The van der Waals surface area contributed by atoms with E-state index in [9.17, 15) is 9.90 Å². The average Bonchev–Trinajstić information content (AvgIpc) is 2.76. The van der Waals surface area contributed by atoms with E-state index >= 15 is 0 Å². The Balaban J connectivity index is 1.96. The molecule has 7 nitrogen and oxygen atoms in total. The van der Waals surface area contributed by atoms with E-state index in [0.29, 0.717) is 18.8 Å². The van der Waals surface area contributed by atoms with Gasteiger partial charge in [0.15, 0.2) is 0 Å². The molecule has 0 saturated carbocycles. The lowest BCUT2D eigenvalue weighted by Gasteiger charge is -2.05. The van der Waals surface area contributed by atoms with Crippen molar-refractivity contribution < 1.29 is 14.6 Å². The van der Waals surface area contributed by atoms with Crippen molar-refractivity contribution in [3.8, 4) is 0 Å². The molecule has 2 N–H and O–H groups in total. The molecule has 0 radical (unpaired) electrons. The number of carbonyl (C=O) groups excluding carboxylic acids is 1. The van der Waals surface area contributed by atoms with Gasteiger partial charge in [-0.15, -0.1) is 5.10 Å². The number of aromatic nitrogens is 3. The van der Waals surface area contributed by atoms with Crippen LogP contribution in [0.1, 0.15) is 18.7 Å². The molecule has 1 aromatic rings. The number of aliphatic hydroxyl groups excluding tert-OH is 1. The number of carbonyl (C=O) groups is 1. The summed E-state index contributed by atoms with van der Waals surface area (Å²) >= 11 is 0. The Morgan fingerprint density at radius 3 is 3.20 bits per heavy atom. The third-order valence-corrected chi connectivity index (χ3v) is 2.12. The summed E-state index contributed by atoms with van der Waals surface area (Å²) in [6, 6.07) is 0. The number of alkyl carbamates (subject to hydrolysis) is 1. The third kappa shape index (κ3) is 2.24. The molecule has 0 aliphatic carbocycles. The predicted octanol–water partition coefficient (Wildman–Crippen LogP) is -0.560. The molecular formula is C8H12N4O3. The van der Waals surface area contributed by atoms with Crippen LogP contribution in [0.15, 0.2) is 6.20 Å². The Morgan fingerprint density at radius 1 is 1.87 bits per heavy atom. The van der Waals surface area contributed by atoms with Crippen LogP contribution in [0.2, 0.25) is 0 Å². The standard InChI is InChI=1S/C8H12N4O3/c1-5(13)7-4-12(11-10-7)3-6-2-9-8(14)15-6/h4-6,13H,2-3H2,1H3,(H,9,14). The molecule has 15 heavy (non-hydrogen) atoms. The van der Waals surface area contributed by atoms with Gasteiger partial charge in [0.25, 0.3) is 0 Å². The molecule has 2 rings (SSSR count). The number of hydrogen-bond donors (Lipinski definition) is 2. The molecule has 0 bridgehead atoms. The number of nitrogens with one attached hydrogen (secondary N) is 1. The summed E-state index contributed by atoms with van der Waals surface area (Å²) in [7, 11) is 0. The fourth-order valence-electron chi connectivity index (χ4n) is 1.34. The monoisotopic (exact) mass is 212 g/mol. The van der Waals surface area contributed by atoms with Gasteiger partial charge in [-0.3, -0.25) is 0 Å². The van der Waals surface area contributed by atoms with Gasteiger partial charge < -0.3 is 15.2 Å². The van der Waals surface area contributed by atoms with Gasteiger partial charge in [-0.05, 0) is 6.92 Å². The van der Waals surface area contributed by atoms with Gasteiger partial charge in [0.05, 0.1) is 25.4 Å². The van der Waals surface area contributed by atoms with E-state index in [4.69, 9.17) is 4.74 Å². The molecule has 1 amide bonds. The molecule has 1 aliphatic heterocycles. The second-order valence-electron chi connectivity index (χ2n) is 3.45. The van der Waals surface area contributed by atoms with Crippen LogP contribution in [-0.2, 0) is 11.3 Å². The second-order valence-corrected chi connectivity index (χ2v) is 3.45. The fraction of sp³-hybridized carbons (Fsp3) is 0.625. The smallest absolute Gasteiger partial charge is 0.407 e. The fourth-order valence-corrected chi connectivity index (χ4v) is 1.34. The molecule has 0 aromatic carbocycles. The molecule has 1 fully saturated rings. The summed E-state index contributed by atoms with van der Waals surface area (Å²) in [5.74, 6) is 0. The van der Waals surface area contributed by atoms with Gasteiger partial charge in [-0.1, -0.05) is 5.21 Å². The maximum Gasteiger partial charge on any atom is 0.407 e. The van der Waals surface area contributed by atoms with Crippen LogP contribution in [0, 0.1) is 0 Å². The van der Waals surface area contributed by atoms with E-state index in [1.54, 1.807) is 17.8 Å². The molecule has 82 valence electrons. The lowest BCUT2D eigenvalue weighted by atomic mass is 10.3. The number of rotatable bonds is 3. The minimum atomic E-state index is -0.636. The highest BCUT2D eigenvalue weighted by Gasteiger charge is 2.23. The van der Waals surface area contributed by atoms with Crippen LogP contribution in [0.4, 0.5) is 4.79 Å². The maximum atomic E-state index is 10.7. The van der Waals surface area contributed by atoms with Crippen molar-refractivity contribution in [2.75, 3.05) is 6.54 Å². The zero-order valence-corrected chi connectivity index (χ0v) is 8.25. The summed E-state index contributed by atoms with van der Waals surface area (Å²) in [6.45, 7) is 2.53. The molecule has 2 heterocycles. The number of aliphatic hydroxyl groups is 1. The topological polar surface area (TPSA) is 89.3 Å². The van der Waals surface area contributed by atoms with E-state index in [1.165, 1.54) is 0 Å². The van der Waals surface area contributed by atoms with Crippen LogP contribution >= 0.6 is 0 Å². The third-order valence-electron chi connectivity index (χ3n) is 2.12. The van der Waals surface area contributed by atoms with E-state index in [2.05, 4.69) is 15.6 Å². The Labute approximate surface area is 86.0 Å². The van der Waals surface area contributed by atoms with Crippen LogP contribution in [0.3, 0.4) is 0 Å². The van der Waals surface area contributed by atoms with Gasteiger partial charge in [-0.25, -0.2) is 9.48 Å². The summed E-state index contributed by atoms with van der Waals surface area (Å²) < 4.78 is 6.48. The SMILES string of the molecule is CC(O)c1cn(CC2CNC(=O)O2)nn1. The van der Waals surface area contributed by atoms with Crippen LogP contribution in [0.25, 0.3) is 0 Å². The zero-order chi connectivity index (χ0) is 10.8. The molecule has 0 spiro atoms. The van der Waals surface area contributed by atoms with Gasteiger partial charge in [-0.2, -0.15) is 0 Å². The Kier molecular flexibility index (Phi) is 2.55. The lowest BCUT2D eigenvalue weighted by Crippen LogP contribution is -2.20. The molecule has 7 heteroatoms. The van der Waals surface area contributed by atoms with Crippen LogP contribution < -0.4 is 5.32 Å². The van der Waals surface area contributed by atoms with Gasteiger partial charge >= 0.3 is 6.09 Å². The number of ether oxygens (including phenoxy) is 1. The van der Waals surface area contributed by atoms with E-state index in [1.807, 2.05) is 0 Å². The quantitative estimate of drug-likeness (QED) is 0.701. The predicted molar refractivity (Wildman–Crippen MR) is 48.9 cm³/mol. The summed E-state index contributed by atoms with van der Waals surface area (Å²) in [5.41, 5.74) is 0.507. The molecule has 1 aliphatic rings. The Morgan fingerprint density at radius 2 is 2.67 bits per heavy atom. The maximum absolute atomic E-state index is 10.7. The highest BCUT2D eigenvalue weighted by molar-refractivity contribution is 5.69. The van der Waals surface area contributed by atoms with E-state index in [0.717, 1.165) is 0 Å². The number of hydrogen-bond acceptors (Lipinski definition) is 5. The summed E-state index contributed by atoms with van der Waals surface area (Å²) in [6.07, 6.45) is 0.372. The highest BCUT2D eigenvalue weighted by Crippen LogP contribution is 2.08. The minimum absolute atomic E-state index is 0.221. The first kappa shape index (κ1) is 9.91. The van der Waals surface area contributed by atoms with Gasteiger partial charge in [0.1, 0.15) is 11.8 Å². The number of cyclic esters (lactones) is 1.